The summed E-state index contributed by atoms with van der Waals surface area (Å²) in [7, 11) is 0. The van der Waals surface area contributed by atoms with Crippen molar-refractivity contribution in [1.29, 1.82) is 0 Å². The molecule has 7 nitrogen and oxygen atoms in total. The second-order valence-corrected chi connectivity index (χ2v) is 6.21. The first kappa shape index (κ1) is 16.4. The lowest BCUT2D eigenvalue weighted by Crippen LogP contribution is -2.38. The average Bonchev–Trinajstić information content (AvgIpc) is 3.08. The molecule has 1 aromatic carbocycles. The highest BCUT2D eigenvalue weighted by Crippen LogP contribution is 2.20. The number of amides is 2. The van der Waals surface area contributed by atoms with E-state index >= 15 is 0 Å². The van der Waals surface area contributed by atoms with E-state index in [1.54, 1.807) is 17.9 Å². The van der Waals surface area contributed by atoms with Crippen LogP contribution in [0, 0.1) is 6.92 Å². The van der Waals surface area contributed by atoms with Gasteiger partial charge in [-0.1, -0.05) is 40.1 Å². The first-order chi connectivity index (χ1) is 11.5. The maximum Gasteiger partial charge on any atom is 0.226 e. The van der Waals surface area contributed by atoms with Gasteiger partial charge >= 0.3 is 0 Å². The van der Waals surface area contributed by atoms with Gasteiger partial charge in [-0.3, -0.25) is 9.59 Å². The lowest BCUT2D eigenvalue weighted by Gasteiger charge is -2.18. The first-order valence-corrected chi connectivity index (χ1v) is 7.99. The minimum Gasteiger partial charge on any atom is -0.351 e. The van der Waals surface area contributed by atoms with Gasteiger partial charge in [-0.2, -0.15) is 0 Å². The molecule has 2 aromatic rings. The van der Waals surface area contributed by atoms with E-state index < -0.39 is 0 Å². The Morgan fingerprint density at radius 1 is 1.42 bits per heavy atom. The van der Waals surface area contributed by atoms with Crippen LogP contribution in [0.25, 0.3) is 0 Å². The molecule has 126 valence electrons. The summed E-state index contributed by atoms with van der Waals surface area (Å²) in [5.74, 6) is -0.203. The maximum atomic E-state index is 12.1. The maximum absolute atomic E-state index is 12.1. The molecule has 8 heteroatoms. The van der Waals surface area contributed by atoms with Crippen LogP contribution in [0.2, 0.25) is 5.02 Å². The highest BCUT2D eigenvalue weighted by Gasteiger charge is 2.31. The number of carbonyl (C=O) groups excluding carboxylic acids is 2. The lowest BCUT2D eigenvalue weighted by molar-refractivity contribution is -0.128. The van der Waals surface area contributed by atoms with Gasteiger partial charge in [0, 0.05) is 24.5 Å². The molecule has 0 saturated carbocycles. The van der Waals surface area contributed by atoms with Crippen molar-refractivity contribution in [3.8, 4) is 0 Å². The molecule has 1 aromatic heterocycles. The third-order valence-electron chi connectivity index (χ3n) is 3.97. The number of likely N-dealkylation sites (tertiary alicyclic amines) is 1. The molecule has 1 atom stereocenters. The first-order valence-electron chi connectivity index (χ1n) is 7.61. The van der Waals surface area contributed by atoms with Gasteiger partial charge in [-0.15, -0.1) is 0 Å². The Morgan fingerprint density at radius 2 is 2.21 bits per heavy atom. The van der Waals surface area contributed by atoms with Crippen molar-refractivity contribution in [2.75, 3.05) is 6.54 Å². The van der Waals surface area contributed by atoms with Crippen molar-refractivity contribution in [2.24, 2.45) is 0 Å². The van der Waals surface area contributed by atoms with Crippen LogP contribution in [-0.4, -0.2) is 39.6 Å². The SMILES string of the molecule is Cc1nonc1CC(=O)N[C@H]1CC(=O)N(Cc2ccccc2Cl)C1. The topological polar surface area (TPSA) is 88.3 Å². The van der Waals surface area contributed by atoms with E-state index in [1.807, 2.05) is 18.2 Å². The highest BCUT2D eigenvalue weighted by molar-refractivity contribution is 6.31. The zero-order valence-corrected chi connectivity index (χ0v) is 13.9. The summed E-state index contributed by atoms with van der Waals surface area (Å²) in [6, 6.07) is 7.21. The predicted octanol–water partition coefficient (Wildman–Crippen LogP) is 1.49. The summed E-state index contributed by atoms with van der Waals surface area (Å²) in [5.41, 5.74) is 1.99. The van der Waals surface area contributed by atoms with E-state index in [0.717, 1.165) is 5.56 Å². The number of carbonyl (C=O) groups is 2. The second kappa shape index (κ2) is 7.00. The number of hydrogen-bond donors (Lipinski definition) is 1. The van der Waals surface area contributed by atoms with E-state index in [2.05, 4.69) is 20.3 Å². The van der Waals surface area contributed by atoms with Gasteiger partial charge in [-0.25, -0.2) is 4.63 Å². The number of benzene rings is 1. The Hall–Kier alpha value is -2.41. The molecule has 1 fully saturated rings. The van der Waals surface area contributed by atoms with Crippen molar-refractivity contribution >= 4 is 23.4 Å². The summed E-state index contributed by atoms with van der Waals surface area (Å²) >= 11 is 6.14. The Kier molecular flexibility index (Phi) is 4.80. The Labute approximate surface area is 143 Å². The van der Waals surface area contributed by atoms with Crippen LogP contribution >= 0.6 is 11.6 Å². The van der Waals surface area contributed by atoms with Gasteiger partial charge in [-0.05, 0) is 18.6 Å². The molecule has 0 unspecified atom stereocenters. The van der Waals surface area contributed by atoms with Crippen molar-refractivity contribution in [2.45, 2.75) is 32.4 Å². The summed E-state index contributed by atoms with van der Waals surface area (Å²) in [5, 5.41) is 10.8. The third kappa shape index (κ3) is 3.73. The van der Waals surface area contributed by atoms with Gasteiger partial charge in [0.05, 0.1) is 12.5 Å². The van der Waals surface area contributed by atoms with Gasteiger partial charge in [0.1, 0.15) is 11.4 Å². The molecule has 1 aliphatic heterocycles. The predicted molar refractivity (Wildman–Crippen MR) is 86.2 cm³/mol. The molecule has 0 spiro atoms. The van der Waals surface area contributed by atoms with Gasteiger partial charge in [0.2, 0.25) is 11.8 Å². The molecular weight excluding hydrogens is 332 g/mol. The molecule has 1 saturated heterocycles. The number of halogens is 1. The number of aromatic nitrogens is 2. The van der Waals surface area contributed by atoms with Crippen molar-refractivity contribution in [1.82, 2.24) is 20.5 Å². The number of rotatable bonds is 5. The normalized spacial score (nSPS) is 17.3. The van der Waals surface area contributed by atoms with Crippen molar-refractivity contribution in [3.63, 3.8) is 0 Å². The zero-order chi connectivity index (χ0) is 17.1. The number of hydrogen-bond acceptors (Lipinski definition) is 5. The molecule has 0 aliphatic carbocycles. The van der Waals surface area contributed by atoms with E-state index in [-0.39, 0.29) is 30.7 Å². The zero-order valence-electron chi connectivity index (χ0n) is 13.2. The van der Waals surface area contributed by atoms with Crippen LogP contribution in [0.4, 0.5) is 0 Å². The molecule has 2 heterocycles. The molecular formula is C16H17ClN4O3. The summed E-state index contributed by atoms with van der Waals surface area (Å²) < 4.78 is 4.57. The van der Waals surface area contributed by atoms with Crippen molar-refractivity contribution < 1.29 is 14.2 Å². The largest absolute Gasteiger partial charge is 0.351 e. The van der Waals surface area contributed by atoms with Gasteiger partial charge in [0.25, 0.3) is 0 Å². The summed E-state index contributed by atoms with van der Waals surface area (Å²) in [6.45, 7) is 2.63. The standard InChI is InChI=1S/C16H17ClN4O3/c1-10-14(20-24-19-10)7-15(22)18-12-6-16(23)21(9-12)8-11-4-2-3-5-13(11)17/h2-5,12H,6-9H2,1H3,(H,18,22)/t12-/m0/s1. The summed E-state index contributed by atoms with van der Waals surface area (Å²) in [6.07, 6.45) is 0.372. The smallest absolute Gasteiger partial charge is 0.226 e. The Morgan fingerprint density at radius 3 is 2.92 bits per heavy atom. The van der Waals surface area contributed by atoms with Crippen LogP contribution in [0.1, 0.15) is 23.4 Å². The minimum atomic E-state index is -0.215. The van der Waals surface area contributed by atoms with E-state index in [1.165, 1.54) is 0 Å². The molecule has 0 bridgehead atoms. The van der Waals surface area contributed by atoms with Crippen LogP contribution in [0.15, 0.2) is 28.9 Å². The van der Waals surface area contributed by atoms with Gasteiger partial charge < -0.3 is 10.2 Å². The quantitative estimate of drug-likeness (QED) is 0.884. The molecule has 2 amide bonds. The fraction of sp³-hybridized carbons (Fsp3) is 0.375. The van der Waals surface area contributed by atoms with Crippen LogP contribution in [0.3, 0.4) is 0 Å². The Bertz CT molecular complexity index is 761. The third-order valence-corrected chi connectivity index (χ3v) is 4.34. The fourth-order valence-electron chi connectivity index (χ4n) is 2.69. The van der Waals surface area contributed by atoms with E-state index in [9.17, 15) is 9.59 Å². The number of nitrogens with one attached hydrogen (secondary N) is 1. The van der Waals surface area contributed by atoms with Crippen molar-refractivity contribution in [3.05, 3.63) is 46.2 Å². The number of aryl methyl sites for hydroxylation is 1. The Balaban J connectivity index is 1.56. The van der Waals surface area contributed by atoms with Crippen LogP contribution in [-0.2, 0) is 22.6 Å². The van der Waals surface area contributed by atoms with E-state index in [0.29, 0.717) is 29.5 Å². The molecule has 1 N–H and O–H groups in total. The molecule has 3 rings (SSSR count). The van der Waals surface area contributed by atoms with Crippen LogP contribution in [0.5, 0.6) is 0 Å². The lowest BCUT2D eigenvalue weighted by atomic mass is 10.2. The monoisotopic (exact) mass is 348 g/mol. The molecule has 1 aliphatic rings. The molecule has 24 heavy (non-hydrogen) atoms. The number of nitrogens with zero attached hydrogens (tertiary/aromatic N) is 3. The highest BCUT2D eigenvalue weighted by atomic mass is 35.5. The summed E-state index contributed by atoms with van der Waals surface area (Å²) in [4.78, 5) is 25.9. The fourth-order valence-corrected chi connectivity index (χ4v) is 2.89. The second-order valence-electron chi connectivity index (χ2n) is 5.81. The van der Waals surface area contributed by atoms with Crippen LogP contribution < -0.4 is 5.32 Å². The average molecular weight is 349 g/mol. The minimum absolute atomic E-state index is 0.000460. The van der Waals surface area contributed by atoms with E-state index in [4.69, 9.17) is 11.6 Å². The molecule has 0 radical (unpaired) electrons. The van der Waals surface area contributed by atoms with Gasteiger partial charge in [0.15, 0.2) is 0 Å².